The zero-order valence-electron chi connectivity index (χ0n) is 10.0. The van der Waals surface area contributed by atoms with Crippen molar-refractivity contribution in [2.75, 3.05) is 0 Å². The molecule has 4 heteroatoms. The van der Waals surface area contributed by atoms with Crippen molar-refractivity contribution in [1.29, 1.82) is 0 Å². The molecule has 2 rings (SSSR count). The average Bonchev–Trinajstić information content (AvgIpc) is 2.76. The van der Waals surface area contributed by atoms with Crippen molar-refractivity contribution in [3.63, 3.8) is 0 Å². The van der Waals surface area contributed by atoms with Gasteiger partial charge in [0.05, 0.1) is 12.2 Å². The molecule has 0 aliphatic rings. The summed E-state index contributed by atoms with van der Waals surface area (Å²) in [6.07, 6.45) is 3.85. The van der Waals surface area contributed by atoms with Gasteiger partial charge in [0.15, 0.2) is 0 Å². The minimum atomic E-state index is -0.108. The summed E-state index contributed by atoms with van der Waals surface area (Å²) in [6.45, 7) is 5.00. The predicted molar refractivity (Wildman–Crippen MR) is 72.8 cm³/mol. The first-order valence-corrected chi connectivity index (χ1v) is 6.45. The highest BCUT2D eigenvalue weighted by molar-refractivity contribution is 9.10. The van der Waals surface area contributed by atoms with Gasteiger partial charge in [0.25, 0.3) is 0 Å². The summed E-state index contributed by atoms with van der Waals surface area (Å²) in [5.41, 5.74) is 9.65. The fourth-order valence-electron chi connectivity index (χ4n) is 1.88. The SMILES string of the molecule is CCn1cc(C(N)c2ccc(Br)cc2C)cn1. The van der Waals surface area contributed by atoms with Crippen molar-refractivity contribution < 1.29 is 0 Å². The maximum atomic E-state index is 6.27. The van der Waals surface area contributed by atoms with Crippen LogP contribution in [0.4, 0.5) is 0 Å². The van der Waals surface area contributed by atoms with Crippen LogP contribution in [0.3, 0.4) is 0 Å². The maximum absolute atomic E-state index is 6.27. The first-order chi connectivity index (χ1) is 8.11. The molecule has 0 radical (unpaired) electrons. The van der Waals surface area contributed by atoms with Gasteiger partial charge in [0.1, 0.15) is 0 Å². The molecule has 0 aliphatic heterocycles. The smallest absolute Gasteiger partial charge is 0.0585 e. The molecule has 90 valence electrons. The molecule has 1 heterocycles. The zero-order valence-corrected chi connectivity index (χ0v) is 11.6. The summed E-state index contributed by atoms with van der Waals surface area (Å²) in [7, 11) is 0. The Labute approximate surface area is 110 Å². The molecule has 0 amide bonds. The molecule has 0 saturated carbocycles. The van der Waals surface area contributed by atoms with Gasteiger partial charge in [0, 0.05) is 22.8 Å². The Hall–Kier alpha value is -1.13. The summed E-state index contributed by atoms with van der Waals surface area (Å²) in [6, 6.07) is 6.06. The van der Waals surface area contributed by atoms with E-state index in [1.165, 1.54) is 5.56 Å². The Kier molecular flexibility index (Phi) is 3.64. The topological polar surface area (TPSA) is 43.8 Å². The Bertz CT molecular complexity index is 519. The van der Waals surface area contributed by atoms with Gasteiger partial charge in [-0.25, -0.2) is 0 Å². The Morgan fingerprint density at radius 2 is 2.24 bits per heavy atom. The molecule has 1 atom stereocenters. The lowest BCUT2D eigenvalue weighted by Crippen LogP contribution is -2.12. The van der Waals surface area contributed by atoms with Crippen molar-refractivity contribution >= 4 is 15.9 Å². The summed E-state index contributed by atoms with van der Waals surface area (Å²) >= 11 is 3.46. The first kappa shape index (κ1) is 12.3. The van der Waals surface area contributed by atoms with Crippen LogP contribution in [0.25, 0.3) is 0 Å². The standard InChI is InChI=1S/C13H16BrN3/c1-3-17-8-10(7-16-17)13(15)12-5-4-11(14)6-9(12)2/h4-8,13H,3,15H2,1-2H3. The van der Waals surface area contributed by atoms with Crippen molar-refractivity contribution in [3.05, 3.63) is 51.8 Å². The number of rotatable bonds is 3. The maximum Gasteiger partial charge on any atom is 0.0585 e. The average molecular weight is 294 g/mol. The van der Waals surface area contributed by atoms with Crippen LogP contribution in [-0.4, -0.2) is 9.78 Å². The van der Waals surface area contributed by atoms with E-state index in [0.29, 0.717) is 0 Å². The second-order valence-corrected chi connectivity index (χ2v) is 5.02. The van der Waals surface area contributed by atoms with Crippen LogP contribution in [0.2, 0.25) is 0 Å². The summed E-state index contributed by atoms with van der Waals surface area (Å²) in [4.78, 5) is 0. The van der Waals surface area contributed by atoms with Crippen LogP contribution in [-0.2, 0) is 6.54 Å². The molecule has 0 saturated heterocycles. The molecule has 3 nitrogen and oxygen atoms in total. The molecule has 0 bridgehead atoms. The molecule has 0 spiro atoms. The highest BCUT2D eigenvalue weighted by atomic mass is 79.9. The van der Waals surface area contributed by atoms with Crippen molar-refractivity contribution in [3.8, 4) is 0 Å². The second kappa shape index (κ2) is 5.02. The second-order valence-electron chi connectivity index (χ2n) is 4.11. The van der Waals surface area contributed by atoms with E-state index in [1.54, 1.807) is 0 Å². The number of aryl methyl sites for hydroxylation is 2. The molecular weight excluding hydrogens is 278 g/mol. The quantitative estimate of drug-likeness (QED) is 0.945. The van der Waals surface area contributed by atoms with Gasteiger partial charge in [-0.05, 0) is 37.1 Å². The van der Waals surface area contributed by atoms with E-state index >= 15 is 0 Å². The van der Waals surface area contributed by atoms with E-state index in [9.17, 15) is 0 Å². The van der Waals surface area contributed by atoms with Crippen LogP contribution in [0.1, 0.15) is 29.7 Å². The minimum Gasteiger partial charge on any atom is -0.320 e. The monoisotopic (exact) mass is 293 g/mol. The molecule has 1 aromatic heterocycles. The van der Waals surface area contributed by atoms with Gasteiger partial charge in [-0.1, -0.05) is 22.0 Å². The molecule has 17 heavy (non-hydrogen) atoms. The molecular formula is C13H16BrN3. The van der Waals surface area contributed by atoms with E-state index in [2.05, 4.69) is 47.0 Å². The highest BCUT2D eigenvalue weighted by Gasteiger charge is 2.13. The summed E-state index contributed by atoms with van der Waals surface area (Å²) < 4.78 is 2.97. The van der Waals surface area contributed by atoms with Gasteiger partial charge in [0.2, 0.25) is 0 Å². The third-order valence-electron chi connectivity index (χ3n) is 2.90. The van der Waals surface area contributed by atoms with Gasteiger partial charge in [-0.3, -0.25) is 4.68 Å². The van der Waals surface area contributed by atoms with E-state index in [1.807, 2.05) is 23.1 Å². The lowest BCUT2D eigenvalue weighted by atomic mass is 9.98. The molecule has 1 aromatic carbocycles. The Morgan fingerprint density at radius 1 is 1.47 bits per heavy atom. The lowest BCUT2D eigenvalue weighted by molar-refractivity contribution is 0.658. The van der Waals surface area contributed by atoms with Crippen molar-refractivity contribution in [2.24, 2.45) is 5.73 Å². The molecule has 0 fully saturated rings. The number of hydrogen-bond acceptors (Lipinski definition) is 2. The molecule has 2 aromatic rings. The normalized spacial score (nSPS) is 12.7. The largest absolute Gasteiger partial charge is 0.320 e. The van der Waals surface area contributed by atoms with Crippen molar-refractivity contribution in [2.45, 2.75) is 26.4 Å². The summed E-state index contributed by atoms with van der Waals surface area (Å²) in [5, 5.41) is 4.26. The number of nitrogens with two attached hydrogens (primary N) is 1. The van der Waals surface area contributed by atoms with E-state index < -0.39 is 0 Å². The van der Waals surface area contributed by atoms with Crippen LogP contribution < -0.4 is 5.73 Å². The number of halogens is 1. The van der Waals surface area contributed by atoms with E-state index in [4.69, 9.17) is 5.73 Å². The van der Waals surface area contributed by atoms with Crippen LogP contribution >= 0.6 is 15.9 Å². The third-order valence-corrected chi connectivity index (χ3v) is 3.40. The number of hydrogen-bond donors (Lipinski definition) is 1. The Balaban J connectivity index is 2.33. The summed E-state index contributed by atoms with van der Waals surface area (Å²) in [5.74, 6) is 0. The van der Waals surface area contributed by atoms with E-state index in [0.717, 1.165) is 22.1 Å². The molecule has 2 N–H and O–H groups in total. The zero-order chi connectivity index (χ0) is 12.4. The van der Waals surface area contributed by atoms with Gasteiger partial charge >= 0.3 is 0 Å². The molecule has 1 unspecified atom stereocenters. The van der Waals surface area contributed by atoms with Crippen LogP contribution in [0.15, 0.2) is 35.1 Å². The number of nitrogens with zero attached hydrogens (tertiary/aromatic N) is 2. The fourth-order valence-corrected chi connectivity index (χ4v) is 2.36. The molecule has 0 aliphatic carbocycles. The number of benzene rings is 1. The lowest BCUT2D eigenvalue weighted by Gasteiger charge is -2.13. The Morgan fingerprint density at radius 3 is 2.82 bits per heavy atom. The number of aromatic nitrogens is 2. The van der Waals surface area contributed by atoms with Crippen LogP contribution in [0.5, 0.6) is 0 Å². The van der Waals surface area contributed by atoms with Gasteiger partial charge in [-0.15, -0.1) is 0 Å². The fraction of sp³-hybridized carbons (Fsp3) is 0.308. The van der Waals surface area contributed by atoms with Crippen molar-refractivity contribution in [1.82, 2.24) is 9.78 Å². The van der Waals surface area contributed by atoms with E-state index in [-0.39, 0.29) is 6.04 Å². The minimum absolute atomic E-state index is 0.108. The first-order valence-electron chi connectivity index (χ1n) is 5.65. The van der Waals surface area contributed by atoms with Gasteiger partial charge < -0.3 is 5.73 Å². The van der Waals surface area contributed by atoms with Gasteiger partial charge in [-0.2, -0.15) is 5.10 Å². The third kappa shape index (κ3) is 2.58. The predicted octanol–water partition coefficient (Wildman–Crippen LogP) is 3.02. The van der Waals surface area contributed by atoms with Crippen LogP contribution in [0, 0.1) is 6.92 Å². The highest BCUT2D eigenvalue weighted by Crippen LogP contribution is 2.24.